The van der Waals surface area contributed by atoms with Gasteiger partial charge >= 0.3 is 0 Å². The normalized spacial score (nSPS) is 27.4. The van der Waals surface area contributed by atoms with Crippen molar-refractivity contribution in [2.24, 2.45) is 0 Å². The van der Waals surface area contributed by atoms with Crippen molar-refractivity contribution in [1.29, 1.82) is 0 Å². The van der Waals surface area contributed by atoms with Crippen LogP contribution in [0.4, 0.5) is 0 Å². The van der Waals surface area contributed by atoms with Crippen molar-refractivity contribution in [2.75, 3.05) is 0 Å². The highest BCUT2D eigenvalue weighted by Gasteiger charge is 2.51. The molecule has 2 aliphatic rings. The molecular weight excluding hydrogens is 388 g/mol. The first-order chi connectivity index (χ1) is 12.9. The third-order valence-electron chi connectivity index (χ3n) is 5.12. The highest BCUT2D eigenvalue weighted by Crippen LogP contribution is 2.40. The van der Waals surface area contributed by atoms with E-state index in [0.717, 1.165) is 34.6 Å². The minimum absolute atomic E-state index is 0.130. The summed E-state index contributed by atoms with van der Waals surface area (Å²) in [6.45, 7) is 0. The average Bonchev–Trinajstić information content (AvgIpc) is 3.29. The topological polar surface area (TPSA) is 105 Å². The molecule has 0 radical (unpaired) electrons. The fourth-order valence-electron chi connectivity index (χ4n) is 3.89. The third kappa shape index (κ3) is 3.53. The largest absolute Gasteiger partial charge is 0.375 e. The Labute approximate surface area is 161 Å². The molecule has 2 bridgehead atoms. The van der Waals surface area contributed by atoms with Crippen molar-refractivity contribution in [3.05, 3.63) is 42.5 Å². The van der Waals surface area contributed by atoms with E-state index in [4.69, 9.17) is 4.74 Å². The standard InChI is InChI=1S/C18H20N2O5S2/c21-17(19-22)18(10-13-6-7-14(11-18)25-13)20-27(23,24)16-9-8-15(26-16)12-4-2-1-3-5-12/h1-5,8-9,13-14,20,22H,6-7,10-11H2,(H,19,21)/t13-,14+,18?. The number of benzene rings is 1. The maximum Gasteiger partial charge on any atom is 0.264 e. The number of carbonyl (C=O) groups excluding carboxylic acids is 1. The Morgan fingerprint density at radius 1 is 1.11 bits per heavy atom. The van der Waals surface area contributed by atoms with Crippen LogP contribution >= 0.6 is 11.3 Å². The Hall–Kier alpha value is -1.78. The van der Waals surface area contributed by atoms with Crippen LogP contribution in [0, 0.1) is 0 Å². The van der Waals surface area contributed by atoms with Crippen LogP contribution in [0.5, 0.6) is 0 Å². The van der Waals surface area contributed by atoms with E-state index in [0.29, 0.717) is 0 Å². The number of fused-ring (bicyclic) bond motifs is 2. The lowest BCUT2D eigenvalue weighted by Crippen LogP contribution is -2.62. The van der Waals surface area contributed by atoms with E-state index in [9.17, 15) is 18.4 Å². The average molecular weight is 409 g/mol. The fourth-order valence-corrected chi connectivity index (χ4v) is 6.59. The number of thiophene rings is 1. The van der Waals surface area contributed by atoms with Gasteiger partial charge < -0.3 is 4.74 Å². The SMILES string of the molecule is O=C(NO)C1(NS(=O)(=O)c2ccc(-c3ccccc3)s2)C[C@H]2CC[C@@H](C1)O2. The van der Waals surface area contributed by atoms with Gasteiger partial charge in [-0.3, -0.25) is 10.0 Å². The van der Waals surface area contributed by atoms with Crippen LogP contribution < -0.4 is 10.2 Å². The van der Waals surface area contributed by atoms with E-state index in [2.05, 4.69) is 4.72 Å². The van der Waals surface area contributed by atoms with Crippen LogP contribution in [0.25, 0.3) is 10.4 Å². The van der Waals surface area contributed by atoms with Gasteiger partial charge in [-0.2, -0.15) is 4.72 Å². The predicted octanol–water partition coefficient (Wildman–Crippen LogP) is 2.28. The Kier molecular flexibility index (Phi) is 4.81. The number of hydrogen-bond acceptors (Lipinski definition) is 6. The summed E-state index contributed by atoms with van der Waals surface area (Å²) in [6.07, 6.45) is 1.59. The molecular formula is C18H20N2O5S2. The Balaban J connectivity index is 1.63. The van der Waals surface area contributed by atoms with E-state index >= 15 is 0 Å². The van der Waals surface area contributed by atoms with Crippen LogP contribution in [0.15, 0.2) is 46.7 Å². The molecule has 1 aromatic carbocycles. The van der Waals surface area contributed by atoms with Crippen molar-refractivity contribution in [1.82, 2.24) is 10.2 Å². The molecule has 144 valence electrons. The molecule has 2 fully saturated rings. The monoisotopic (exact) mass is 408 g/mol. The Morgan fingerprint density at radius 3 is 2.41 bits per heavy atom. The lowest BCUT2D eigenvalue weighted by Gasteiger charge is -2.38. The second kappa shape index (κ2) is 6.99. The van der Waals surface area contributed by atoms with Gasteiger partial charge in [0.25, 0.3) is 15.9 Å². The van der Waals surface area contributed by atoms with E-state index < -0.39 is 21.5 Å². The zero-order valence-electron chi connectivity index (χ0n) is 14.4. The van der Waals surface area contributed by atoms with E-state index in [1.807, 2.05) is 30.3 Å². The number of amides is 1. The molecule has 0 spiro atoms. The molecule has 3 atom stereocenters. The number of hydrogen-bond donors (Lipinski definition) is 3. The molecule has 2 saturated heterocycles. The molecule has 0 saturated carbocycles. The lowest BCUT2D eigenvalue weighted by molar-refractivity contribution is -0.142. The van der Waals surface area contributed by atoms with Gasteiger partial charge in [0.1, 0.15) is 9.75 Å². The number of sulfonamides is 1. The molecule has 3 N–H and O–H groups in total. The molecule has 2 aromatic rings. The molecule has 3 heterocycles. The summed E-state index contributed by atoms with van der Waals surface area (Å²) in [7, 11) is -3.94. The maximum atomic E-state index is 13.0. The van der Waals surface area contributed by atoms with Crippen molar-refractivity contribution in [2.45, 2.75) is 47.6 Å². The van der Waals surface area contributed by atoms with Gasteiger partial charge in [-0.25, -0.2) is 13.9 Å². The van der Waals surface area contributed by atoms with Crippen molar-refractivity contribution in [3.63, 3.8) is 0 Å². The summed E-state index contributed by atoms with van der Waals surface area (Å²) >= 11 is 1.14. The number of nitrogens with one attached hydrogen (secondary N) is 2. The van der Waals surface area contributed by atoms with Crippen LogP contribution in [0.3, 0.4) is 0 Å². The smallest absolute Gasteiger partial charge is 0.264 e. The van der Waals surface area contributed by atoms with Gasteiger partial charge in [-0.05, 0) is 30.5 Å². The van der Waals surface area contributed by atoms with Gasteiger partial charge in [0.2, 0.25) is 0 Å². The number of carbonyl (C=O) groups is 1. The predicted molar refractivity (Wildman–Crippen MR) is 99.9 cm³/mol. The van der Waals surface area contributed by atoms with E-state index in [1.54, 1.807) is 11.5 Å². The molecule has 4 rings (SSSR count). The van der Waals surface area contributed by atoms with Crippen LogP contribution in [-0.4, -0.2) is 37.3 Å². The summed E-state index contributed by atoms with van der Waals surface area (Å²) in [4.78, 5) is 13.2. The third-order valence-corrected chi connectivity index (χ3v) is 8.28. The molecule has 27 heavy (non-hydrogen) atoms. The van der Waals surface area contributed by atoms with Gasteiger partial charge in [0, 0.05) is 17.7 Å². The fraction of sp³-hybridized carbons (Fsp3) is 0.389. The van der Waals surface area contributed by atoms with Crippen LogP contribution in [-0.2, 0) is 19.6 Å². The minimum Gasteiger partial charge on any atom is -0.375 e. The van der Waals surface area contributed by atoms with E-state index in [-0.39, 0.29) is 29.3 Å². The molecule has 2 aliphatic heterocycles. The van der Waals surface area contributed by atoms with E-state index in [1.165, 1.54) is 6.07 Å². The number of rotatable bonds is 5. The second-order valence-electron chi connectivity index (χ2n) is 6.98. The second-order valence-corrected chi connectivity index (χ2v) is 9.97. The molecule has 1 aromatic heterocycles. The summed E-state index contributed by atoms with van der Waals surface area (Å²) in [5, 5.41) is 9.19. The first-order valence-electron chi connectivity index (χ1n) is 8.71. The first kappa shape index (κ1) is 18.6. The molecule has 1 unspecified atom stereocenters. The van der Waals surface area contributed by atoms with Crippen molar-refractivity contribution < 1.29 is 23.2 Å². The first-order valence-corrected chi connectivity index (χ1v) is 11.0. The quantitative estimate of drug-likeness (QED) is 0.520. The van der Waals surface area contributed by atoms with Gasteiger partial charge in [0.15, 0.2) is 0 Å². The summed E-state index contributed by atoms with van der Waals surface area (Å²) < 4.78 is 34.4. The zero-order valence-corrected chi connectivity index (χ0v) is 16.1. The highest BCUT2D eigenvalue weighted by molar-refractivity contribution is 7.91. The Morgan fingerprint density at radius 2 is 1.78 bits per heavy atom. The molecule has 1 amide bonds. The lowest BCUT2D eigenvalue weighted by atomic mass is 9.87. The molecule has 9 heteroatoms. The zero-order chi connectivity index (χ0) is 19.1. The summed E-state index contributed by atoms with van der Waals surface area (Å²) in [6, 6.07) is 12.8. The number of hydroxylamine groups is 1. The summed E-state index contributed by atoms with van der Waals surface area (Å²) in [5.41, 5.74) is 1.15. The van der Waals surface area contributed by atoms with Gasteiger partial charge in [-0.15, -0.1) is 11.3 Å². The maximum absolute atomic E-state index is 13.0. The van der Waals surface area contributed by atoms with Gasteiger partial charge in [-0.1, -0.05) is 30.3 Å². The summed E-state index contributed by atoms with van der Waals surface area (Å²) in [5.74, 6) is -0.744. The highest BCUT2D eigenvalue weighted by atomic mass is 32.2. The molecule has 7 nitrogen and oxygen atoms in total. The minimum atomic E-state index is -3.94. The van der Waals surface area contributed by atoms with Crippen molar-refractivity contribution in [3.8, 4) is 10.4 Å². The Bertz CT molecular complexity index is 930. The van der Waals surface area contributed by atoms with Gasteiger partial charge in [0.05, 0.1) is 12.2 Å². The van der Waals surface area contributed by atoms with Crippen LogP contribution in [0.2, 0.25) is 0 Å². The molecule has 0 aliphatic carbocycles. The van der Waals surface area contributed by atoms with Crippen molar-refractivity contribution >= 4 is 27.3 Å². The van der Waals surface area contributed by atoms with Crippen LogP contribution in [0.1, 0.15) is 25.7 Å². The number of ether oxygens (including phenoxy) is 1.